The van der Waals surface area contributed by atoms with Crippen LogP contribution in [0.5, 0.6) is 0 Å². The van der Waals surface area contributed by atoms with E-state index in [2.05, 4.69) is 5.32 Å². The Morgan fingerprint density at radius 1 is 1.07 bits per heavy atom. The lowest BCUT2D eigenvalue weighted by Gasteiger charge is -2.13. The summed E-state index contributed by atoms with van der Waals surface area (Å²) in [5, 5.41) is 2.24. The number of rotatable bonds is 6. The third-order valence-electron chi connectivity index (χ3n) is 3.94. The van der Waals surface area contributed by atoms with Gasteiger partial charge in [-0.1, -0.05) is 48.5 Å². The highest BCUT2D eigenvalue weighted by molar-refractivity contribution is 8.18. The van der Waals surface area contributed by atoms with E-state index in [0.29, 0.717) is 10.5 Å². The monoisotopic (exact) mass is 384 g/mol. The lowest BCUT2D eigenvalue weighted by Crippen LogP contribution is -2.37. The van der Waals surface area contributed by atoms with Gasteiger partial charge in [0.1, 0.15) is 5.82 Å². The number of benzene rings is 2. The molecular weight excluding hydrogens is 367 g/mol. The van der Waals surface area contributed by atoms with Gasteiger partial charge in [-0.15, -0.1) is 0 Å². The summed E-state index contributed by atoms with van der Waals surface area (Å²) < 4.78 is 13.6. The van der Waals surface area contributed by atoms with Crippen molar-refractivity contribution in [1.82, 2.24) is 10.2 Å². The van der Waals surface area contributed by atoms with E-state index < -0.39 is 5.82 Å². The third-order valence-corrected chi connectivity index (χ3v) is 4.84. The van der Waals surface area contributed by atoms with Crippen LogP contribution in [0.25, 0.3) is 6.08 Å². The smallest absolute Gasteiger partial charge is 0.293 e. The van der Waals surface area contributed by atoms with E-state index in [-0.39, 0.29) is 36.6 Å². The highest BCUT2D eigenvalue weighted by Crippen LogP contribution is 2.31. The highest BCUT2D eigenvalue weighted by Gasteiger charge is 2.34. The molecule has 1 N–H and O–H groups in total. The summed E-state index contributed by atoms with van der Waals surface area (Å²) in [7, 11) is 0. The Morgan fingerprint density at radius 3 is 2.52 bits per heavy atom. The van der Waals surface area contributed by atoms with Crippen molar-refractivity contribution in [2.24, 2.45) is 0 Å². The highest BCUT2D eigenvalue weighted by atomic mass is 32.2. The standard InChI is InChI=1S/C20H17FN2O3S/c21-16-9-5-4-8-15(16)13-18(24)22-10-11-23-19(25)17(27-20(23)26)12-14-6-2-1-3-7-14/h1-9,12H,10-11,13H2,(H,22,24). The van der Waals surface area contributed by atoms with Gasteiger partial charge in [-0.3, -0.25) is 19.3 Å². The lowest BCUT2D eigenvalue weighted by molar-refractivity contribution is -0.124. The van der Waals surface area contributed by atoms with Gasteiger partial charge in [0.25, 0.3) is 11.1 Å². The van der Waals surface area contributed by atoms with Crippen molar-refractivity contribution >= 4 is 34.9 Å². The summed E-state index contributed by atoms with van der Waals surface area (Å²) in [5.74, 6) is -1.19. The van der Waals surface area contributed by atoms with Crippen molar-refractivity contribution in [3.8, 4) is 0 Å². The first-order chi connectivity index (χ1) is 13.0. The van der Waals surface area contributed by atoms with Crippen molar-refractivity contribution in [1.29, 1.82) is 0 Å². The minimum atomic E-state index is -0.440. The Morgan fingerprint density at radius 2 is 1.78 bits per heavy atom. The molecule has 0 aliphatic carbocycles. The molecule has 5 nitrogen and oxygen atoms in total. The molecule has 27 heavy (non-hydrogen) atoms. The summed E-state index contributed by atoms with van der Waals surface area (Å²) in [4.78, 5) is 37.8. The van der Waals surface area contributed by atoms with Gasteiger partial charge >= 0.3 is 0 Å². The van der Waals surface area contributed by atoms with Gasteiger partial charge in [0.15, 0.2) is 0 Å². The number of nitrogens with one attached hydrogen (secondary N) is 1. The number of thioether (sulfide) groups is 1. The molecule has 1 heterocycles. The fourth-order valence-electron chi connectivity index (χ4n) is 2.58. The molecule has 0 atom stereocenters. The molecule has 0 bridgehead atoms. The second-order valence-electron chi connectivity index (χ2n) is 5.86. The van der Waals surface area contributed by atoms with Crippen LogP contribution in [0.2, 0.25) is 0 Å². The summed E-state index contributed by atoms with van der Waals surface area (Å²) >= 11 is 0.876. The van der Waals surface area contributed by atoms with Gasteiger partial charge in [-0.25, -0.2) is 4.39 Å². The SMILES string of the molecule is O=C(Cc1ccccc1F)NCCN1C(=O)SC(=Cc2ccccc2)C1=O. The molecule has 0 spiro atoms. The molecule has 3 rings (SSSR count). The Balaban J connectivity index is 1.53. The second kappa shape index (κ2) is 8.64. The van der Waals surface area contributed by atoms with Crippen LogP contribution in [0.1, 0.15) is 11.1 Å². The average Bonchev–Trinajstić information content (AvgIpc) is 2.92. The van der Waals surface area contributed by atoms with Gasteiger partial charge in [0, 0.05) is 13.1 Å². The number of imide groups is 1. The molecule has 1 fully saturated rings. The largest absolute Gasteiger partial charge is 0.354 e. The van der Waals surface area contributed by atoms with E-state index >= 15 is 0 Å². The Bertz CT molecular complexity index is 899. The summed E-state index contributed by atoms with van der Waals surface area (Å²) in [6.07, 6.45) is 1.57. The van der Waals surface area contributed by atoms with Crippen LogP contribution in [-0.2, 0) is 16.0 Å². The fraction of sp³-hybridized carbons (Fsp3) is 0.150. The molecule has 1 aliphatic rings. The number of carbonyl (C=O) groups is 3. The first-order valence-electron chi connectivity index (χ1n) is 8.35. The van der Waals surface area contributed by atoms with Crippen LogP contribution in [0.15, 0.2) is 59.5 Å². The molecule has 0 saturated carbocycles. The molecule has 2 aromatic rings. The molecule has 2 aromatic carbocycles. The summed E-state index contributed by atoms with van der Waals surface area (Å²) in [6.45, 7) is 0.184. The van der Waals surface area contributed by atoms with E-state index in [0.717, 1.165) is 22.2 Å². The van der Waals surface area contributed by atoms with E-state index in [1.54, 1.807) is 24.3 Å². The summed E-state index contributed by atoms with van der Waals surface area (Å²) in [5.41, 5.74) is 1.13. The van der Waals surface area contributed by atoms with Crippen LogP contribution < -0.4 is 5.32 Å². The van der Waals surface area contributed by atoms with Crippen molar-refractivity contribution in [2.75, 3.05) is 13.1 Å². The Hall–Kier alpha value is -2.93. The van der Waals surface area contributed by atoms with Crippen LogP contribution in [0.4, 0.5) is 9.18 Å². The van der Waals surface area contributed by atoms with Crippen LogP contribution in [0, 0.1) is 5.82 Å². The van der Waals surface area contributed by atoms with Crippen LogP contribution >= 0.6 is 11.8 Å². The number of hydrogen-bond acceptors (Lipinski definition) is 4. The van der Waals surface area contributed by atoms with Gasteiger partial charge < -0.3 is 5.32 Å². The van der Waals surface area contributed by atoms with Crippen molar-refractivity contribution in [3.63, 3.8) is 0 Å². The molecule has 0 radical (unpaired) electrons. The normalized spacial score (nSPS) is 15.4. The maximum absolute atomic E-state index is 13.6. The molecule has 1 aliphatic heterocycles. The molecule has 0 unspecified atom stereocenters. The zero-order valence-corrected chi connectivity index (χ0v) is 15.2. The molecule has 0 aromatic heterocycles. The van der Waals surface area contributed by atoms with Gasteiger partial charge in [0.2, 0.25) is 5.91 Å². The van der Waals surface area contributed by atoms with Gasteiger partial charge in [-0.05, 0) is 35.0 Å². The van der Waals surface area contributed by atoms with Crippen molar-refractivity contribution < 1.29 is 18.8 Å². The minimum absolute atomic E-state index is 0.0693. The second-order valence-corrected chi connectivity index (χ2v) is 6.86. The molecular formula is C20H17FN2O3S. The predicted molar refractivity (Wildman–Crippen MR) is 102 cm³/mol. The number of halogens is 1. The number of hydrogen-bond donors (Lipinski definition) is 1. The number of amides is 3. The fourth-order valence-corrected chi connectivity index (χ4v) is 3.44. The predicted octanol–water partition coefficient (Wildman–Crippen LogP) is 3.22. The quantitative estimate of drug-likeness (QED) is 0.777. The van der Waals surface area contributed by atoms with Crippen molar-refractivity contribution in [3.05, 3.63) is 76.4 Å². The van der Waals surface area contributed by atoms with E-state index in [1.165, 1.54) is 6.07 Å². The van der Waals surface area contributed by atoms with Crippen molar-refractivity contribution in [2.45, 2.75) is 6.42 Å². The maximum Gasteiger partial charge on any atom is 0.293 e. The lowest BCUT2D eigenvalue weighted by atomic mass is 10.1. The number of nitrogens with zero attached hydrogens (tertiary/aromatic N) is 1. The summed E-state index contributed by atoms with van der Waals surface area (Å²) in [6, 6.07) is 15.3. The average molecular weight is 384 g/mol. The molecule has 7 heteroatoms. The molecule has 3 amide bonds. The van der Waals surface area contributed by atoms with E-state index in [4.69, 9.17) is 0 Å². The molecule has 1 saturated heterocycles. The maximum atomic E-state index is 13.6. The van der Waals surface area contributed by atoms with Gasteiger partial charge in [0.05, 0.1) is 11.3 Å². The zero-order valence-electron chi connectivity index (χ0n) is 14.4. The first kappa shape index (κ1) is 18.8. The number of carbonyl (C=O) groups excluding carboxylic acids is 3. The Labute approximate surface area is 160 Å². The Kier molecular flexibility index (Phi) is 6.03. The zero-order chi connectivity index (χ0) is 19.2. The van der Waals surface area contributed by atoms with Crippen LogP contribution in [-0.4, -0.2) is 35.0 Å². The van der Waals surface area contributed by atoms with Gasteiger partial charge in [-0.2, -0.15) is 0 Å². The van der Waals surface area contributed by atoms with Crippen LogP contribution in [0.3, 0.4) is 0 Å². The topological polar surface area (TPSA) is 66.5 Å². The van der Waals surface area contributed by atoms with E-state index in [1.807, 2.05) is 30.3 Å². The third kappa shape index (κ3) is 4.83. The molecule has 138 valence electrons. The van der Waals surface area contributed by atoms with E-state index in [9.17, 15) is 18.8 Å². The minimum Gasteiger partial charge on any atom is -0.354 e. The first-order valence-corrected chi connectivity index (χ1v) is 9.17.